The minimum absolute atomic E-state index is 0.0251. The molecule has 1 aliphatic carbocycles. The predicted molar refractivity (Wildman–Crippen MR) is 84.4 cm³/mol. The highest BCUT2D eigenvalue weighted by Gasteiger charge is 2.15. The van der Waals surface area contributed by atoms with Crippen molar-refractivity contribution in [2.45, 2.75) is 38.1 Å². The molecule has 1 fully saturated rings. The second-order valence-corrected chi connectivity index (χ2v) is 5.24. The third-order valence-corrected chi connectivity index (χ3v) is 3.74. The zero-order valence-corrected chi connectivity index (χ0v) is 12.3. The Morgan fingerprint density at radius 2 is 1.55 bits per heavy atom. The van der Waals surface area contributed by atoms with Crippen molar-refractivity contribution in [3.63, 3.8) is 0 Å². The molecule has 0 unspecified atom stereocenters. The van der Waals surface area contributed by atoms with Crippen LogP contribution in [0.15, 0.2) is 35.5 Å². The quantitative estimate of drug-likeness (QED) is 0.825. The molecule has 0 bridgehead atoms. The Kier molecular flexibility index (Phi) is 5.41. The zero-order chi connectivity index (χ0) is 15.8. The fourth-order valence-electron chi connectivity index (χ4n) is 2.60. The van der Waals surface area contributed by atoms with Crippen LogP contribution in [-0.4, -0.2) is 6.04 Å². The summed E-state index contributed by atoms with van der Waals surface area (Å²) in [5.41, 5.74) is 1.35. The first-order valence-electron chi connectivity index (χ1n) is 7.35. The maximum absolute atomic E-state index is 9.14. The number of nitrogens with zero attached hydrogens (tertiary/aromatic N) is 3. The zero-order valence-electron chi connectivity index (χ0n) is 12.3. The number of allylic oxidation sites excluding steroid dienone is 2. The summed E-state index contributed by atoms with van der Waals surface area (Å²) in [6, 6.07) is 13.3. The molecule has 0 radical (unpaired) electrons. The molecule has 0 heterocycles. The van der Waals surface area contributed by atoms with Gasteiger partial charge < -0.3 is 10.6 Å². The number of hydrogen-bond acceptors (Lipinski definition) is 5. The van der Waals surface area contributed by atoms with Crippen molar-refractivity contribution in [1.29, 1.82) is 15.8 Å². The van der Waals surface area contributed by atoms with Crippen molar-refractivity contribution in [3.8, 4) is 18.2 Å². The van der Waals surface area contributed by atoms with Gasteiger partial charge in [0.15, 0.2) is 5.57 Å². The Balaban J connectivity index is 2.22. The summed E-state index contributed by atoms with van der Waals surface area (Å²) in [7, 11) is 0. The van der Waals surface area contributed by atoms with Gasteiger partial charge in [-0.25, -0.2) is 0 Å². The molecule has 1 aromatic carbocycles. The van der Waals surface area contributed by atoms with E-state index in [2.05, 4.69) is 10.6 Å². The van der Waals surface area contributed by atoms with Gasteiger partial charge in [-0.05, 0) is 25.0 Å². The summed E-state index contributed by atoms with van der Waals surface area (Å²) in [6.45, 7) is 0. The van der Waals surface area contributed by atoms with Gasteiger partial charge >= 0.3 is 0 Å². The molecule has 0 amide bonds. The molecule has 5 nitrogen and oxygen atoms in total. The normalized spacial score (nSPS) is 14.0. The van der Waals surface area contributed by atoms with Crippen LogP contribution >= 0.6 is 0 Å². The van der Waals surface area contributed by atoms with Crippen LogP contribution < -0.4 is 10.6 Å². The van der Waals surface area contributed by atoms with Gasteiger partial charge in [0, 0.05) is 6.04 Å². The standard InChI is InChI=1S/C17H17N5/c18-10-13(11-19)17(12-20)22-16-9-5-4-8-15(16)21-14-6-2-1-3-7-14/h4-5,8-9,14,21-22H,1-3,6-7H2. The molecular weight excluding hydrogens is 274 g/mol. The average molecular weight is 291 g/mol. The number of para-hydroxylation sites is 2. The summed E-state index contributed by atoms with van der Waals surface area (Å²) in [6.07, 6.45) is 6.01. The van der Waals surface area contributed by atoms with E-state index < -0.39 is 0 Å². The molecular formula is C17H17N5. The van der Waals surface area contributed by atoms with Crippen LogP contribution in [0.3, 0.4) is 0 Å². The first kappa shape index (κ1) is 15.4. The Morgan fingerprint density at radius 3 is 2.14 bits per heavy atom. The second kappa shape index (κ2) is 7.72. The maximum atomic E-state index is 9.14. The van der Waals surface area contributed by atoms with Crippen LogP contribution in [0.5, 0.6) is 0 Å². The second-order valence-electron chi connectivity index (χ2n) is 5.24. The van der Waals surface area contributed by atoms with Crippen molar-refractivity contribution in [1.82, 2.24) is 0 Å². The largest absolute Gasteiger partial charge is 0.381 e. The van der Waals surface area contributed by atoms with Crippen LogP contribution in [-0.2, 0) is 0 Å². The number of benzene rings is 1. The Morgan fingerprint density at radius 1 is 0.909 bits per heavy atom. The fraction of sp³-hybridized carbons (Fsp3) is 0.353. The lowest BCUT2D eigenvalue weighted by molar-refractivity contribution is 0.463. The van der Waals surface area contributed by atoms with E-state index in [0.717, 1.165) is 18.5 Å². The monoisotopic (exact) mass is 291 g/mol. The third-order valence-electron chi connectivity index (χ3n) is 3.74. The van der Waals surface area contributed by atoms with Gasteiger partial charge in [-0.3, -0.25) is 0 Å². The molecule has 1 aromatic rings. The van der Waals surface area contributed by atoms with Crippen LogP contribution in [0.1, 0.15) is 32.1 Å². The summed E-state index contributed by atoms with van der Waals surface area (Å²) < 4.78 is 0. The van der Waals surface area contributed by atoms with Crippen molar-refractivity contribution in [3.05, 3.63) is 35.5 Å². The fourth-order valence-corrected chi connectivity index (χ4v) is 2.60. The molecule has 0 aromatic heterocycles. The molecule has 0 saturated heterocycles. The first-order valence-corrected chi connectivity index (χ1v) is 7.35. The highest BCUT2D eigenvalue weighted by atomic mass is 15.0. The summed E-state index contributed by atoms with van der Waals surface area (Å²) >= 11 is 0. The van der Waals surface area contributed by atoms with Gasteiger partial charge in [-0.15, -0.1) is 0 Å². The van der Waals surface area contributed by atoms with E-state index in [1.54, 1.807) is 12.1 Å². The van der Waals surface area contributed by atoms with Gasteiger partial charge in [-0.2, -0.15) is 15.8 Å². The van der Waals surface area contributed by atoms with Gasteiger partial charge in [0.05, 0.1) is 11.4 Å². The Hall–Kier alpha value is -2.97. The summed E-state index contributed by atoms with van der Waals surface area (Å²) in [4.78, 5) is 0. The number of hydrogen-bond donors (Lipinski definition) is 2. The SMILES string of the molecule is N#CC(C#N)=C(C#N)Nc1ccccc1NC1CCCCC1. The summed E-state index contributed by atoms with van der Waals surface area (Å²) in [5, 5.41) is 33.3. The van der Waals surface area contributed by atoms with Crippen LogP contribution in [0.4, 0.5) is 11.4 Å². The molecule has 2 rings (SSSR count). The molecule has 2 N–H and O–H groups in total. The van der Waals surface area contributed by atoms with Crippen molar-refractivity contribution < 1.29 is 0 Å². The van der Waals surface area contributed by atoms with Gasteiger partial charge in [0.1, 0.15) is 23.9 Å². The number of anilines is 2. The van der Waals surface area contributed by atoms with E-state index in [-0.39, 0.29) is 11.3 Å². The summed E-state index contributed by atoms with van der Waals surface area (Å²) in [5.74, 6) is 0. The van der Waals surface area contributed by atoms with E-state index in [1.807, 2.05) is 30.3 Å². The highest BCUT2D eigenvalue weighted by molar-refractivity contribution is 5.73. The highest BCUT2D eigenvalue weighted by Crippen LogP contribution is 2.27. The van der Waals surface area contributed by atoms with E-state index in [0.29, 0.717) is 11.7 Å². The van der Waals surface area contributed by atoms with Crippen LogP contribution in [0, 0.1) is 34.0 Å². The van der Waals surface area contributed by atoms with E-state index >= 15 is 0 Å². The molecule has 5 heteroatoms. The molecule has 110 valence electrons. The minimum atomic E-state index is -0.213. The van der Waals surface area contributed by atoms with Gasteiger partial charge in [0.25, 0.3) is 0 Å². The average Bonchev–Trinajstić information content (AvgIpc) is 2.57. The van der Waals surface area contributed by atoms with Gasteiger partial charge in [-0.1, -0.05) is 31.4 Å². The number of rotatable bonds is 4. The molecule has 0 atom stereocenters. The van der Waals surface area contributed by atoms with E-state index in [1.165, 1.54) is 19.3 Å². The Bertz CT molecular complexity index is 662. The van der Waals surface area contributed by atoms with Gasteiger partial charge in [0.2, 0.25) is 0 Å². The molecule has 0 aliphatic heterocycles. The molecule has 0 spiro atoms. The van der Waals surface area contributed by atoms with Crippen molar-refractivity contribution >= 4 is 11.4 Å². The van der Waals surface area contributed by atoms with Crippen LogP contribution in [0.25, 0.3) is 0 Å². The lowest BCUT2D eigenvalue weighted by atomic mass is 9.95. The Labute approximate surface area is 130 Å². The van der Waals surface area contributed by atoms with Crippen molar-refractivity contribution in [2.75, 3.05) is 10.6 Å². The lowest BCUT2D eigenvalue weighted by Crippen LogP contribution is -2.22. The first-order chi connectivity index (χ1) is 10.8. The van der Waals surface area contributed by atoms with E-state index in [9.17, 15) is 0 Å². The molecule has 22 heavy (non-hydrogen) atoms. The maximum Gasteiger partial charge on any atom is 0.163 e. The molecule has 1 saturated carbocycles. The van der Waals surface area contributed by atoms with Crippen LogP contribution in [0.2, 0.25) is 0 Å². The minimum Gasteiger partial charge on any atom is -0.381 e. The van der Waals surface area contributed by atoms with Crippen molar-refractivity contribution in [2.24, 2.45) is 0 Å². The number of nitriles is 3. The molecule has 1 aliphatic rings. The third kappa shape index (κ3) is 3.78. The smallest absolute Gasteiger partial charge is 0.163 e. The predicted octanol–water partition coefficient (Wildman–Crippen LogP) is 3.67. The lowest BCUT2D eigenvalue weighted by Gasteiger charge is -2.25. The topological polar surface area (TPSA) is 95.4 Å². The van der Waals surface area contributed by atoms with E-state index in [4.69, 9.17) is 15.8 Å². The number of nitrogens with one attached hydrogen (secondary N) is 2.